The van der Waals surface area contributed by atoms with Crippen molar-refractivity contribution in [3.63, 3.8) is 0 Å². The number of carbonyl (C=O) groups is 1. The van der Waals surface area contributed by atoms with Crippen LogP contribution in [0.2, 0.25) is 0 Å². The van der Waals surface area contributed by atoms with Gasteiger partial charge in [0.2, 0.25) is 5.13 Å². The van der Waals surface area contributed by atoms with Gasteiger partial charge in [0.05, 0.1) is 0 Å². The molecule has 0 aliphatic carbocycles. The van der Waals surface area contributed by atoms with Gasteiger partial charge in [-0.15, -0.1) is 10.2 Å². The Bertz CT molecular complexity index is 870. The first-order chi connectivity index (χ1) is 11.9. The van der Waals surface area contributed by atoms with E-state index in [1.807, 2.05) is 30.3 Å². The SMILES string of the molecule is CC(C)(C)c1cccc(NC(=O)Nc2nnc(-c3ccncc3)s2)c1. The van der Waals surface area contributed by atoms with E-state index in [0.29, 0.717) is 5.13 Å². The van der Waals surface area contributed by atoms with Crippen molar-refractivity contribution < 1.29 is 4.79 Å². The van der Waals surface area contributed by atoms with Crippen molar-refractivity contribution in [1.82, 2.24) is 15.2 Å². The Kier molecular flexibility index (Phi) is 4.76. The monoisotopic (exact) mass is 353 g/mol. The molecule has 2 aromatic heterocycles. The summed E-state index contributed by atoms with van der Waals surface area (Å²) in [4.78, 5) is 16.2. The third kappa shape index (κ3) is 4.39. The van der Waals surface area contributed by atoms with Crippen LogP contribution in [0.3, 0.4) is 0 Å². The minimum atomic E-state index is -0.344. The number of amides is 2. The molecule has 2 heterocycles. The standard InChI is InChI=1S/C18H19N5OS/c1-18(2,3)13-5-4-6-14(11-13)20-16(24)21-17-23-22-15(25-17)12-7-9-19-10-8-12/h4-11H,1-3H3,(H2,20,21,23,24). The van der Waals surface area contributed by atoms with Crippen LogP contribution in [-0.2, 0) is 5.41 Å². The van der Waals surface area contributed by atoms with Crippen molar-refractivity contribution >= 4 is 28.2 Å². The summed E-state index contributed by atoms with van der Waals surface area (Å²) >= 11 is 1.31. The number of hydrogen-bond donors (Lipinski definition) is 2. The van der Waals surface area contributed by atoms with Gasteiger partial charge in [-0.1, -0.05) is 44.2 Å². The van der Waals surface area contributed by atoms with Crippen LogP contribution in [-0.4, -0.2) is 21.2 Å². The van der Waals surface area contributed by atoms with Gasteiger partial charge >= 0.3 is 6.03 Å². The Morgan fingerprint density at radius 1 is 1.04 bits per heavy atom. The van der Waals surface area contributed by atoms with Gasteiger partial charge in [-0.25, -0.2) is 4.79 Å². The summed E-state index contributed by atoms with van der Waals surface area (Å²) < 4.78 is 0. The fourth-order valence-electron chi connectivity index (χ4n) is 2.21. The Hall–Kier alpha value is -2.80. The van der Waals surface area contributed by atoms with E-state index in [4.69, 9.17) is 0 Å². The molecule has 25 heavy (non-hydrogen) atoms. The number of aromatic nitrogens is 3. The molecule has 0 aliphatic heterocycles. The van der Waals surface area contributed by atoms with Crippen LogP contribution in [0, 0.1) is 0 Å². The second kappa shape index (κ2) is 6.98. The zero-order chi connectivity index (χ0) is 17.9. The number of rotatable bonds is 3. The van der Waals surface area contributed by atoms with Gasteiger partial charge in [0, 0.05) is 23.6 Å². The number of benzene rings is 1. The summed E-state index contributed by atoms with van der Waals surface area (Å²) in [6.45, 7) is 6.40. The van der Waals surface area contributed by atoms with Crippen LogP contribution in [0.4, 0.5) is 15.6 Å². The highest BCUT2D eigenvalue weighted by Crippen LogP contribution is 2.26. The van der Waals surface area contributed by atoms with Crippen molar-refractivity contribution in [2.75, 3.05) is 10.6 Å². The minimum absolute atomic E-state index is 0.0207. The molecular formula is C18H19N5OS. The van der Waals surface area contributed by atoms with Gasteiger partial charge in [0.1, 0.15) is 5.01 Å². The van der Waals surface area contributed by atoms with E-state index in [9.17, 15) is 4.79 Å². The zero-order valence-corrected chi connectivity index (χ0v) is 15.1. The lowest BCUT2D eigenvalue weighted by Gasteiger charge is -2.19. The van der Waals surface area contributed by atoms with Crippen molar-refractivity contribution in [3.05, 3.63) is 54.4 Å². The molecule has 3 aromatic rings. The van der Waals surface area contributed by atoms with Gasteiger partial charge in [-0.2, -0.15) is 0 Å². The molecule has 0 radical (unpaired) electrons. The number of nitrogens with zero attached hydrogens (tertiary/aromatic N) is 3. The minimum Gasteiger partial charge on any atom is -0.308 e. The Labute approximate surface area is 150 Å². The molecule has 0 atom stereocenters. The summed E-state index contributed by atoms with van der Waals surface area (Å²) in [5, 5.41) is 14.8. The van der Waals surface area contributed by atoms with E-state index in [1.54, 1.807) is 12.4 Å². The summed E-state index contributed by atoms with van der Waals surface area (Å²) in [5.41, 5.74) is 2.83. The summed E-state index contributed by atoms with van der Waals surface area (Å²) in [6, 6.07) is 11.2. The average molecular weight is 353 g/mol. The van der Waals surface area contributed by atoms with E-state index in [-0.39, 0.29) is 11.4 Å². The number of pyridine rings is 1. The molecule has 0 fully saturated rings. The second-order valence-corrected chi connectivity index (χ2v) is 7.54. The number of nitrogens with one attached hydrogen (secondary N) is 2. The Morgan fingerprint density at radius 2 is 1.80 bits per heavy atom. The molecule has 0 spiro atoms. The van der Waals surface area contributed by atoms with E-state index < -0.39 is 0 Å². The fraction of sp³-hybridized carbons (Fsp3) is 0.222. The molecule has 0 saturated carbocycles. The Balaban J connectivity index is 1.67. The average Bonchev–Trinajstić information content (AvgIpc) is 3.03. The van der Waals surface area contributed by atoms with Gasteiger partial charge in [-0.3, -0.25) is 10.3 Å². The Morgan fingerprint density at radius 3 is 2.52 bits per heavy atom. The normalized spacial score (nSPS) is 11.2. The highest BCUT2D eigenvalue weighted by Gasteiger charge is 2.15. The van der Waals surface area contributed by atoms with Gasteiger partial charge in [-0.05, 0) is 35.2 Å². The lowest BCUT2D eigenvalue weighted by molar-refractivity contribution is 0.262. The lowest BCUT2D eigenvalue weighted by atomic mass is 9.87. The molecule has 0 saturated heterocycles. The fourth-order valence-corrected chi connectivity index (χ4v) is 2.95. The molecule has 0 unspecified atom stereocenters. The van der Waals surface area contributed by atoms with Crippen molar-refractivity contribution in [1.29, 1.82) is 0 Å². The third-order valence-electron chi connectivity index (χ3n) is 3.56. The maximum Gasteiger partial charge on any atom is 0.325 e. The molecule has 7 heteroatoms. The quantitative estimate of drug-likeness (QED) is 0.724. The van der Waals surface area contributed by atoms with Crippen LogP contribution in [0.5, 0.6) is 0 Å². The number of anilines is 2. The molecular weight excluding hydrogens is 334 g/mol. The zero-order valence-electron chi connectivity index (χ0n) is 14.3. The van der Waals surface area contributed by atoms with Crippen LogP contribution < -0.4 is 10.6 Å². The van der Waals surface area contributed by atoms with Crippen LogP contribution in [0.15, 0.2) is 48.8 Å². The summed E-state index contributed by atoms with van der Waals surface area (Å²) in [6.07, 6.45) is 3.39. The number of carbonyl (C=O) groups excluding carboxylic acids is 1. The maximum atomic E-state index is 12.2. The predicted octanol–water partition coefficient (Wildman–Crippen LogP) is 4.54. The smallest absolute Gasteiger partial charge is 0.308 e. The lowest BCUT2D eigenvalue weighted by Crippen LogP contribution is -2.20. The molecule has 6 nitrogen and oxygen atoms in total. The van der Waals surface area contributed by atoms with E-state index in [0.717, 1.165) is 21.8 Å². The third-order valence-corrected chi connectivity index (χ3v) is 4.45. The predicted molar refractivity (Wildman–Crippen MR) is 101 cm³/mol. The molecule has 0 aliphatic rings. The van der Waals surface area contributed by atoms with Crippen LogP contribution >= 0.6 is 11.3 Å². The van der Waals surface area contributed by atoms with Crippen molar-refractivity contribution in [3.8, 4) is 10.6 Å². The molecule has 128 valence electrons. The highest BCUT2D eigenvalue weighted by atomic mass is 32.1. The van der Waals surface area contributed by atoms with Crippen molar-refractivity contribution in [2.45, 2.75) is 26.2 Å². The first-order valence-electron chi connectivity index (χ1n) is 7.84. The first kappa shape index (κ1) is 17.0. The van der Waals surface area contributed by atoms with E-state index in [2.05, 4.69) is 52.7 Å². The molecule has 2 N–H and O–H groups in total. The number of hydrogen-bond acceptors (Lipinski definition) is 5. The van der Waals surface area contributed by atoms with E-state index >= 15 is 0 Å². The summed E-state index contributed by atoms with van der Waals surface area (Å²) in [7, 11) is 0. The van der Waals surface area contributed by atoms with Crippen molar-refractivity contribution in [2.24, 2.45) is 0 Å². The first-order valence-corrected chi connectivity index (χ1v) is 8.66. The van der Waals surface area contributed by atoms with E-state index in [1.165, 1.54) is 11.3 Å². The maximum absolute atomic E-state index is 12.2. The largest absolute Gasteiger partial charge is 0.325 e. The molecule has 2 amide bonds. The van der Waals surface area contributed by atoms with Gasteiger partial charge in [0.15, 0.2) is 0 Å². The molecule has 1 aromatic carbocycles. The van der Waals surface area contributed by atoms with Gasteiger partial charge < -0.3 is 5.32 Å². The van der Waals surface area contributed by atoms with Gasteiger partial charge in [0.25, 0.3) is 0 Å². The molecule has 3 rings (SSSR count). The summed E-state index contributed by atoms with van der Waals surface area (Å²) in [5.74, 6) is 0. The topological polar surface area (TPSA) is 79.8 Å². The van der Waals surface area contributed by atoms with Crippen LogP contribution in [0.25, 0.3) is 10.6 Å². The number of urea groups is 1. The second-order valence-electron chi connectivity index (χ2n) is 6.56. The van der Waals surface area contributed by atoms with Crippen LogP contribution in [0.1, 0.15) is 26.3 Å². The highest BCUT2D eigenvalue weighted by molar-refractivity contribution is 7.18. The molecule has 0 bridgehead atoms.